The number of esters is 1. The number of hydrogen-bond donors (Lipinski definition) is 4. The Morgan fingerprint density at radius 2 is 1.58 bits per heavy atom. The van der Waals surface area contributed by atoms with E-state index >= 15 is 0 Å². The van der Waals surface area contributed by atoms with Crippen LogP contribution in [0.5, 0.6) is 0 Å². The maximum Gasteiger partial charge on any atom is 0.437 e. The van der Waals surface area contributed by atoms with E-state index in [-0.39, 0.29) is 67.2 Å². The Morgan fingerprint density at radius 1 is 0.878 bits per heavy atom. The average molecular weight is 1050 g/mol. The van der Waals surface area contributed by atoms with Crippen molar-refractivity contribution in [2.75, 3.05) is 34.5 Å². The van der Waals surface area contributed by atoms with Gasteiger partial charge in [0, 0.05) is 58.5 Å². The number of hydrogen-bond acceptors (Lipinski definition) is 16. The molecule has 74 heavy (non-hydrogen) atoms. The number of rotatable bonds is 9. The summed E-state index contributed by atoms with van der Waals surface area (Å²) in [4.78, 5) is 86.9. The lowest BCUT2D eigenvalue weighted by Crippen LogP contribution is -2.65. The fourth-order valence-electron chi connectivity index (χ4n) is 10.9. The molecule has 18 heteroatoms. The zero-order chi connectivity index (χ0) is 55.2. The lowest BCUT2D eigenvalue weighted by Gasteiger charge is -2.42. The van der Waals surface area contributed by atoms with Crippen molar-refractivity contribution in [1.29, 1.82) is 0 Å². The first-order chi connectivity index (χ1) is 34.9. The minimum atomic E-state index is -2.72. The van der Waals surface area contributed by atoms with E-state index in [1.807, 2.05) is 32.9 Å². The van der Waals surface area contributed by atoms with Gasteiger partial charge in [0.05, 0.1) is 31.0 Å². The number of fused-ring (bicyclic) bond motifs is 3. The summed E-state index contributed by atoms with van der Waals surface area (Å²) >= 11 is 0. The molecular weight excluding hydrogens is 957 g/mol. The number of amides is 2. The maximum absolute atomic E-state index is 14.7. The van der Waals surface area contributed by atoms with E-state index in [0.717, 1.165) is 17.6 Å². The predicted molar refractivity (Wildman–Crippen MR) is 274 cm³/mol. The number of hydroxylamine groups is 2. The van der Waals surface area contributed by atoms with Gasteiger partial charge >= 0.3 is 12.1 Å². The molecular formula is C56H88N2O16. The van der Waals surface area contributed by atoms with Crippen molar-refractivity contribution in [3.63, 3.8) is 0 Å². The van der Waals surface area contributed by atoms with Crippen LogP contribution in [0.2, 0.25) is 0 Å². The first-order valence-corrected chi connectivity index (χ1v) is 26.7. The molecule has 4 rings (SSSR count). The molecule has 0 radical (unpaired) electrons. The number of carbonyl (C=O) groups is 6. The normalized spacial score (nSPS) is 37.9. The van der Waals surface area contributed by atoms with Crippen molar-refractivity contribution in [3.05, 3.63) is 47.6 Å². The fourth-order valence-corrected chi connectivity index (χ4v) is 10.9. The molecule has 2 saturated heterocycles. The summed E-state index contributed by atoms with van der Waals surface area (Å²) in [5.74, 6) is -10.3. The highest BCUT2D eigenvalue weighted by atomic mass is 16.7. The Balaban J connectivity index is 1.81. The Labute approximate surface area is 438 Å². The van der Waals surface area contributed by atoms with E-state index in [1.54, 1.807) is 60.0 Å². The van der Waals surface area contributed by atoms with Gasteiger partial charge in [0.1, 0.15) is 24.0 Å². The van der Waals surface area contributed by atoms with Crippen LogP contribution in [0.15, 0.2) is 47.6 Å². The molecule has 1 aliphatic carbocycles. The highest BCUT2D eigenvalue weighted by molar-refractivity contribution is 6.39. The molecule has 4 N–H and O–H groups in total. The lowest BCUT2D eigenvalue weighted by atomic mass is 9.78. The van der Waals surface area contributed by atoms with E-state index in [4.69, 9.17) is 28.4 Å². The number of piperidine rings is 1. The van der Waals surface area contributed by atoms with Crippen molar-refractivity contribution in [3.8, 4) is 0 Å². The third kappa shape index (κ3) is 15.5. The van der Waals surface area contributed by atoms with Gasteiger partial charge in [0.25, 0.3) is 17.4 Å². The molecule has 14 unspecified atom stereocenters. The Bertz CT molecular complexity index is 2050. The number of carbonyl (C=O) groups excluding carboxylic acids is 6. The number of ether oxygens (including phenoxy) is 6. The largest absolute Gasteiger partial charge is 0.460 e. The third-order valence-corrected chi connectivity index (χ3v) is 15.6. The number of nitrogens with zero attached hydrogens (tertiary/aromatic N) is 2. The van der Waals surface area contributed by atoms with E-state index in [0.29, 0.717) is 51.4 Å². The number of Topliss-reactive ketones (excluding diaryl/α,β-unsaturated/α-hetero) is 3. The van der Waals surface area contributed by atoms with E-state index in [1.165, 1.54) is 20.1 Å². The van der Waals surface area contributed by atoms with Gasteiger partial charge in [-0.15, -0.1) is 5.06 Å². The number of methoxy groups -OCH3 is 3. The van der Waals surface area contributed by atoms with Crippen molar-refractivity contribution in [2.45, 2.75) is 194 Å². The smallest absolute Gasteiger partial charge is 0.437 e. The number of aliphatic hydroxyl groups excluding tert-OH is 2. The maximum atomic E-state index is 14.7. The highest BCUT2D eigenvalue weighted by Crippen LogP contribution is 2.38. The summed E-state index contributed by atoms with van der Waals surface area (Å²) in [6.07, 6.45) is 8.28. The molecule has 1 saturated carbocycles. The molecule has 18 nitrogen and oxygen atoms in total. The van der Waals surface area contributed by atoms with Crippen LogP contribution in [0.3, 0.4) is 0 Å². The first-order valence-electron chi connectivity index (χ1n) is 26.7. The molecule has 15 atom stereocenters. The van der Waals surface area contributed by atoms with Crippen molar-refractivity contribution < 1.29 is 77.7 Å². The van der Waals surface area contributed by atoms with Gasteiger partial charge in [-0.2, -0.15) is 0 Å². The van der Waals surface area contributed by atoms with Gasteiger partial charge < -0.3 is 48.6 Å². The number of allylic oxidation sites excluding steroid dienone is 6. The quantitative estimate of drug-likeness (QED) is 0.0454. The predicted octanol–water partition coefficient (Wildman–Crippen LogP) is 6.99. The molecule has 0 spiro atoms. The zero-order valence-electron chi connectivity index (χ0n) is 46.0. The molecule has 0 aromatic heterocycles. The standard InChI is InChI=1S/C56H88N2O16/c1-33(2)32-72-54(66)58(68)55(71-12)49(61)38(7)26-34(3)18-14-13-15-19-35(4)46(69-10)30-42-23-21-40(9)56(67,74-42)51(63)52(64)57-25-17-16-20-43(57)53(65)73-47(31-45(60)36(5)27-39(8)50(55)62)37(6)28-41-22-24-44(59)48(29-41)70-11/h13-15,18-19,27,33-34,36-38,40-44,46-48,50,59,62,67-68H,16-17,20-26,28-32H2,1-12H3/b15-13+,18-14+,35-19+,39-27+/t34?,36?,37?,38?,40?,41?,42?,43?,44?,46?,47?,48?,50?,55-,56?/m1/s1. The van der Waals surface area contributed by atoms with E-state index in [9.17, 15) is 49.3 Å². The lowest BCUT2D eigenvalue weighted by molar-refractivity contribution is -0.267. The summed E-state index contributed by atoms with van der Waals surface area (Å²) in [5, 5.41) is 46.3. The molecule has 0 aromatic rings. The molecule has 3 heterocycles. The van der Waals surface area contributed by atoms with Crippen molar-refractivity contribution >= 4 is 35.3 Å². The van der Waals surface area contributed by atoms with Crippen LogP contribution in [0.4, 0.5) is 4.79 Å². The number of cyclic esters (lactones) is 1. The summed E-state index contributed by atoms with van der Waals surface area (Å²) in [7, 11) is 4.16. The Morgan fingerprint density at radius 3 is 2.23 bits per heavy atom. The molecule has 2 bridgehead atoms. The summed E-state index contributed by atoms with van der Waals surface area (Å²) in [5.41, 5.74) is -1.90. The highest BCUT2D eigenvalue weighted by Gasteiger charge is 2.56. The van der Waals surface area contributed by atoms with Gasteiger partial charge in [-0.1, -0.05) is 84.9 Å². The monoisotopic (exact) mass is 1040 g/mol. The van der Waals surface area contributed by atoms with Crippen LogP contribution in [0.1, 0.15) is 139 Å². The first kappa shape index (κ1) is 62.4. The van der Waals surface area contributed by atoms with Gasteiger partial charge in [0.2, 0.25) is 5.79 Å². The topological polar surface area (TPSA) is 245 Å². The van der Waals surface area contributed by atoms with E-state index in [2.05, 4.69) is 0 Å². The van der Waals surface area contributed by atoms with Crippen LogP contribution in [0, 0.1) is 41.4 Å². The number of ketones is 3. The van der Waals surface area contributed by atoms with Crippen LogP contribution < -0.4 is 0 Å². The summed E-state index contributed by atoms with van der Waals surface area (Å²) in [6.45, 7) is 15.3. The number of aliphatic hydroxyl groups is 3. The van der Waals surface area contributed by atoms with Gasteiger partial charge in [-0.3, -0.25) is 24.4 Å². The second-order valence-electron chi connectivity index (χ2n) is 22.0. The van der Waals surface area contributed by atoms with Crippen LogP contribution in [0.25, 0.3) is 0 Å². The second-order valence-corrected chi connectivity index (χ2v) is 22.0. The third-order valence-electron chi connectivity index (χ3n) is 15.6. The minimum Gasteiger partial charge on any atom is -0.460 e. The molecule has 3 fully saturated rings. The molecule has 418 valence electrons. The van der Waals surface area contributed by atoms with Crippen LogP contribution >= 0.6 is 0 Å². The molecule has 0 aromatic carbocycles. The zero-order valence-corrected chi connectivity index (χ0v) is 46.0. The second kappa shape index (κ2) is 28.3. The molecule has 4 aliphatic rings. The molecule has 3 aliphatic heterocycles. The van der Waals surface area contributed by atoms with Crippen molar-refractivity contribution in [1.82, 2.24) is 9.96 Å². The summed E-state index contributed by atoms with van der Waals surface area (Å²) in [6, 6.07) is -1.22. The SMILES string of the molecule is COC1CC2CCC(C)C(O)(O2)C(=O)C(=O)N2CCCCC2C(=O)OC(C(C)CC2CCC(O)C(OC)C2)CC(=O)C(C)/C=C(\C)C(O)[C@@](OC)(N(O)C(=O)OCC(C)C)C(=O)C(C)CC(C)/C=C/C=C/C=C/1C. The average Bonchev–Trinajstić information content (AvgIpc) is 3.37. The fraction of sp³-hybridized carbons (Fsp3) is 0.750. The van der Waals surface area contributed by atoms with Gasteiger partial charge in [0.15, 0.2) is 5.78 Å². The van der Waals surface area contributed by atoms with Crippen molar-refractivity contribution in [2.24, 2.45) is 41.4 Å². The van der Waals surface area contributed by atoms with Gasteiger partial charge in [-0.25, -0.2) is 9.59 Å². The van der Waals surface area contributed by atoms with Gasteiger partial charge in [-0.05, 0) is 113 Å². The van der Waals surface area contributed by atoms with E-state index < -0.39 is 113 Å². The Kier molecular flexibility index (Phi) is 23.9. The summed E-state index contributed by atoms with van der Waals surface area (Å²) < 4.78 is 34.9. The minimum absolute atomic E-state index is 0.00305. The van der Waals surface area contributed by atoms with Crippen LogP contribution in [-0.4, -0.2) is 154 Å². The molecule has 2 amide bonds. The van der Waals surface area contributed by atoms with Crippen LogP contribution in [-0.2, 0) is 52.4 Å². The Hall–Kier alpha value is -4.14.